The third kappa shape index (κ3) is 7.16. The van der Waals surface area contributed by atoms with Gasteiger partial charge in [0.1, 0.15) is 0 Å². The Morgan fingerprint density at radius 3 is 2.71 bits per heavy atom. The van der Waals surface area contributed by atoms with Gasteiger partial charge in [0, 0.05) is 37.5 Å². The highest BCUT2D eigenvalue weighted by Gasteiger charge is 2.20. The first-order valence-electron chi connectivity index (χ1n) is 9.43. The minimum Gasteiger partial charge on any atom is -0.490 e. The Morgan fingerprint density at radius 2 is 2.11 bits per heavy atom. The molecule has 0 spiro atoms. The van der Waals surface area contributed by atoms with Crippen LogP contribution in [0.25, 0.3) is 0 Å². The Hall–Kier alpha value is -2.06. The van der Waals surface area contributed by atoms with Crippen molar-refractivity contribution >= 4 is 23.4 Å². The molecule has 28 heavy (non-hydrogen) atoms. The topological polar surface area (TPSA) is 84.7 Å². The van der Waals surface area contributed by atoms with Gasteiger partial charge in [-0.05, 0) is 38.3 Å². The van der Waals surface area contributed by atoms with E-state index >= 15 is 0 Å². The molecule has 1 amide bonds. The van der Waals surface area contributed by atoms with Gasteiger partial charge in [0.2, 0.25) is 5.91 Å². The summed E-state index contributed by atoms with van der Waals surface area (Å²) < 4.78 is 5.00. The SMILES string of the molecule is COc1ccc(CSCC(=O)NC2CCN(CC=C(C)C)CC2)cc1[N+](=O)[O-]. The predicted molar refractivity (Wildman–Crippen MR) is 113 cm³/mol. The van der Waals surface area contributed by atoms with Gasteiger partial charge in [-0.15, -0.1) is 11.8 Å². The number of carbonyl (C=O) groups is 1. The van der Waals surface area contributed by atoms with Crippen molar-refractivity contribution in [2.24, 2.45) is 0 Å². The van der Waals surface area contributed by atoms with Gasteiger partial charge in [0.05, 0.1) is 17.8 Å². The van der Waals surface area contributed by atoms with Crippen LogP contribution in [-0.4, -0.2) is 54.3 Å². The van der Waals surface area contributed by atoms with E-state index in [0.717, 1.165) is 38.0 Å². The fraction of sp³-hybridized carbons (Fsp3) is 0.550. The number of nitrogens with one attached hydrogen (secondary N) is 1. The lowest BCUT2D eigenvalue weighted by atomic mass is 10.0. The maximum absolute atomic E-state index is 12.2. The van der Waals surface area contributed by atoms with Crippen molar-refractivity contribution < 1.29 is 14.5 Å². The number of hydrogen-bond acceptors (Lipinski definition) is 6. The van der Waals surface area contributed by atoms with Crippen LogP contribution in [0.5, 0.6) is 5.75 Å². The maximum atomic E-state index is 12.2. The van der Waals surface area contributed by atoms with Crippen LogP contribution in [0.1, 0.15) is 32.3 Å². The molecule has 0 saturated carbocycles. The number of nitro groups is 1. The van der Waals surface area contributed by atoms with Crippen LogP contribution < -0.4 is 10.1 Å². The zero-order chi connectivity index (χ0) is 20.5. The zero-order valence-electron chi connectivity index (χ0n) is 16.8. The number of benzene rings is 1. The van der Waals surface area contributed by atoms with Crippen LogP contribution in [0.4, 0.5) is 5.69 Å². The highest BCUT2D eigenvalue weighted by molar-refractivity contribution is 7.99. The van der Waals surface area contributed by atoms with E-state index in [1.807, 2.05) is 0 Å². The second kappa shape index (κ2) is 11.1. The quantitative estimate of drug-likeness (QED) is 0.384. The van der Waals surface area contributed by atoms with Crippen LogP contribution in [0.3, 0.4) is 0 Å². The fourth-order valence-electron chi connectivity index (χ4n) is 3.07. The summed E-state index contributed by atoms with van der Waals surface area (Å²) in [7, 11) is 1.41. The molecular weight excluding hydrogens is 378 g/mol. The van der Waals surface area contributed by atoms with Gasteiger partial charge in [0.25, 0.3) is 0 Å². The van der Waals surface area contributed by atoms with Gasteiger partial charge < -0.3 is 10.1 Å². The number of amides is 1. The van der Waals surface area contributed by atoms with Crippen molar-refractivity contribution in [3.05, 3.63) is 45.5 Å². The first kappa shape index (κ1) is 22.2. The van der Waals surface area contributed by atoms with Crippen molar-refractivity contribution in [2.75, 3.05) is 32.5 Å². The smallest absolute Gasteiger partial charge is 0.311 e. The van der Waals surface area contributed by atoms with Gasteiger partial charge >= 0.3 is 5.69 Å². The first-order chi connectivity index (χ1) is 13.4. The summed E-state index contributed by atoms with van der Waals surface area (Å²) in [5.74, 6) is 1.15. The molecule has 1 aliphatic rings. The second-order valence-corrected chi connectivity index (χ2v) is 8.17. The molecule has 8 heteroatoms. The monoisotopic (exact) mass is 407 g/mol. The van der Waals surface area contributed by atoms with Crippen LogP contribution in [0.2, 0.25) is 0 Å². The molecule has 154 valence electrons. The lowest BCUT2D eigenvalue weighted by molar-refractivity contribution is -0.385. The molecule has 0 unspecified atom stereocenters. The number of thioether (sulfide) groups is 1. The number of piperidine rings is 1. The summed E-state index contributed by atoms with van der Waals surface area (Å²) >= 11 is 1.46. The molecule has 1 heterocycles. The number of likely N-dealkylation sites (tertiary alicyclic amines) is 1. The van der Waals surface area contributed by atoms with E-state index in [0.29, 0.717) is 11.5 Å². The number of hydrogen-bond donors (Lipinski definition) is 1. The minimum absolute atomic E-state index is 0.0239. The van der Waals surface area contributed by atoms with Gasteiger partial charge in [-0.3, -0.25) is 19.8 Å². The molecule has 1 saturated heterocycles. The van der Waals surface area contributed by atoms with Crippen molar-refractivity contribution in [3.8, 4) is 5.75 Å². The highest BCUT2D eigenvalue weighted by atomic mass is 32.2. The zero-order valence-corrected chi connectivity index (χ0v) is 17.6. The van der Waals surface area contributed by atoms with Gasteiger partial charge in [0.15, 0.2) is 5.75 Å². The van der Waals surface area contributed by atoms with Crippen LogP contribution in [-0.2, 0) is 10.5 Å². The standard InChI is InChI=1S/C20H29N3O4S/c1-15(2)6-9-22-10-7-17(8-11-22)21-20(24)14-28-13-16-4-5-19(27-3)18(12-16)23(25)26/h4-6,12,17H,7-11,13-14H2,1-3H3,(H,21,24). The molecule has 1 N–H and O–H groups in total. The van der Waals surface area contributed by atoms with Gasteiger partial charge in [-0.1, -0.05) is 17.7 Å². The Bertz CT molecular complexity index is 711. The molecule has 1 aromatic carbocycles. The third-order valence-electron chi connectivity index (χ3n) is 4.65. The molecule has 1 aromatic rings. The summed E-state index contributed by atoms with van der Waals surface area (Å²) in [5, 5.41) is 14.2. The number of allylic oxidation sites excluding steroid dienone is 1. The van der Waals surface area contributed by atoms with E-state index in [1.54, 1.807) is 12.1 Å². The molecule has 1 aliphatic heterocycles. The minimum atomic E-state index is -0.455. The summed E-state index contributed by atoms with van der Waals surface area (Å²) in [6.45, 7) is 7.19. The number of carbonyl (C=O) groups excluding carboxylic acids is 1. The fourth-order valence-corrected chi connectivity index (χ4v) is 3.86. The predicted octanol–water partition coefficient (Wildman–Crippen LogP) is 3.38. The largest absolute Gasteiger partial charge is 0.490 e. The average Bonchev–Trinajstić information content (AvgIpc) is 2.67. The summed E-state index contributed by atoms with van der Waals surface area (Å²) in [6.07, 6.45) is 4.18. The van der Waals surface area contributed by atoms with E-state index in [2.05, 4.69) is 30.1 Å². The lowest BCUT2D eigenvalue weighted by Crippen LogP contribution is -2.45. The molecule has 7 nitrogen and oxygen atoms in total. The van der Waals surface area contributed by atoms with E-state index in [-0.39, 0.29) is 23.4 Å². The van der Waals surface area contributed by atoms with E-state index < -0.39 is 4.92 Å². The Balaban J connectivity index is 1.71. The summed E-state index contributed by atoms with van der Waals surface area (Å²) in [6, 6.07) is 5.13. The van der Waals surface area contributed by atoms with E-state index in [4.69, 9.17) is 4.74 Å². The first-order valence-corrected chi connectivity index (χ1v) is 10.6. The van der Waals surface area contributed by atoms with Crippen LogP contribution >= 0.6 is 11.8 Å². The van der Waals surface area contributed by atoms with Crippen molar-refractivity contribution in [1.82, 2.24) is 10.2 Å². The van der Waals surface area contributed by atoms with Crippen LogP contribution in [0.15, 0.2) is 29.8 Å². The molecule has 0 bridgehead atoms. The average molecular weight is 408 g/mol. The van der Waals surface area contributed by atoms with Crippen molar-refractivity contribution in [1.29, 1.82) is 0 Å². The highest BCUT2D eigenvalue weighted by Crippen LogP contribution is 2.29. The number of ether oxygens (including phenoxy) is 1. The number of nitro benzene ring substituents is 1. The maximum Gasteiger partial charge on any atom is 0.311 e. The second-order valence-electron chi connectivity index (χ2n) is 7.18. The Kier molecular flexibility index (Phi) is 8.79. The molecule has 0 aliphatic carbocycles. The number of nitrogens with zero attached hydrogens (tertiary/aromatic N) is 2. The molecule has 1 fully saturated rings. The summed E-state index contributed by atoms with van der Waals surface area (Å²) in [4.78, 5) is 25.2. The van der Waals surface area contributed by atoms with Gasteiger partial charge in [-0.25, -0.2) is 0 Å². The molecule has 0 aromatic heterocycles. The van der Waals surface area contributed by atoms with Crippen molar-refractivity contribution in [3.63, 3.8) is 0 Å². The molecule has 2 rings (SSSR count). The van der Waals surface area contributed by atoms with E-state index in [1.165, 1.54) is 30.5 Å². The number of rotatable bonds is 9. The molecule has 0 atom stereocenters. The normalized spacial score (nSPS) is 15.1. The number of methoxy groups -OCH3 is 1. The summed E-state index contributed by atoms with van der Waals surface area (Å²) in [5.41, 5.74) is 2.08. The Labute approximate surface area is 170 Å². The third-order valence-corrected chi connectivity index (χ3v) is 5.66. The van der Waals surface area contributed by atoms with Crippen molar-refractivity contribution in [2.45, 2.75) is 38.5 Å². The lowest BCUT2D eigenvalue weighted by Gasteiger charge is -2.31. The Morgan fingerprint density at radius 1 is 1.39 bits per heavy atom. The van der Waals surface area contributed by atoms with Crippen LogP contribution in [0, 0.1) is 10.1 Å². The van der Waals surface area contributed by atoms with E-state index in [9.17, 15) is 14.9 Å². The molecular formula is C20H29N3O4S. The molecule has 0 radical (unpaired) electrons. The van der Waals surface area contributed by atoms with Gasteiger partial charge in [-0.2, -0.15) is 0 Å².